The van der Waals surface area contributed by atoms with E-state index in [9.17, 15) is 14.7 Å². The summed E-state index contributed by atoms with van der Waals surface area (Å²) < 4.78 is 11.2. The third kappa shape index (κ3) is 4.23. The highest BCUT2D eigenvalue weighted by Gasteiger charge is 2.51. The number of nitrogens with zero attached hydrogens (tertiary/aromatic N) is 1. The number of morpholine rings is 1. The third-order valence-corrected chi connectivity index (χ3v) is 4.59. The van der Waals surface area contributed by atoms with Gasteiger partial charge in [-0.3, -0.25) is 9.59 Å². The van der Waals surface area contributed by atoms with E-state index in [1.54, 1.807) is 4.90 Å². The molecule has 0 saturated carbocycles. The molecule has 0 aliphatic carbocycles. The molecule has 0 radical (unpaired) electrons. The van der Waals surface area contributed by atoms with E-state index in [-0.39, 0.29) is 18.6 Å². The van der Waals surface area contributed by atoms with E-state index < -0.39 is 24.4 Å². The van der Waals surface area contributed by atoms with Crippen LogP contribution in [0, 0.1) is 5.92 Å². The number of carbonyl (C=O) groups is 2. The fraction of sp³-hybridized carbons (Fsp3) is 0.579. The molecule has 0 spiro atoms. The highest BCUT2D eigenvalue weighted by atomic mass is 16.7. The van der Waals surface area contributed by atoms with Crippen molar-refractivity contribution in [1.82, 2.24) is 10.2 Å². The Morgan fingerprint density at radius 1 is 1.31 bits per heavy atom. The third-order valence-electron chi connectivity index (χ3n) is 4.59. The molecule has 2 N–H and O–H groups in total. The molecule has 142 valence electrons. The van der Waals surface area contributed by atoms with Crippen LogP contribution in [0.1, 0.15) is 25.8 Å². The van der Waals surface area contributed by atoms with E-state index in [2.05, 4.69) is 5.32 Å². The second-order valence-corrected chi connectivity index (χ2v) is 7.26. The lowest BCUT2D eigenvalue weighted by Crippen LogP contribution is -2.52. The van der Waals surface area contributed by atoms with Crippen LogP contribution >= 0.6 is 0 Å². The maximum absolute atomic E-state index is 12.7. The van der Waals surface area contributed by atoms with Crippen molar-refractivity contribution in [2.75, 3.05) is 13.2 Å². The Bertz CT molecular complexity index is 636. The Balaban J connectivity index is 1.63. The van der Waals surface area contributed by atoms with Gasteiger partial charge in [0.15, 0.2) is 18.5 Å². The molecule has 2 bridgehead atoms. The van der Waals surface area contributed by atoms with E-state index in [1.165, 1.54) is 0 Å². The number of amides is 2. The molecule has 2 fully saturated rings. The van der Waals surface area contributed by atoms with Crippen LogP contribution in [0.5, 0.6) is 0 Å². The summed E-state index contributed by atoms with van der Waals surface area (Å²) >= 11 is 0. The maximum atomic E-state index is 12.7. The molecule has 2 amide bonds. The fourth-order valence-electron chi connectivity index (χ4n) is 3.40. The zero-order valence-corrected chi connectivity index (χ0v) is 15.1. The second-order valence-electron chi connectivity index (χ2n) is 7.26. The molecule has 2 saturated heterocycles. The predicted octanol–water partition coefficient (Wildman–Crippen LogP) is 0.662. The highest BCUT2D eigenvalue weighted by molar-refractivity contribution is 5.92. The van der Waals surface area contributed by atoms with Crippen molar-refractivity contribution in [1.29, 1.82) is 0 Å². The molecule has 1 aromatic rings. The minimum atomic E-state index is -0.977. The van der Waals surface area contributed by atoms with Gasteiger partial charge in [-0.2, -0.15) is 0 Å². The standard InChI is InChI=1S/C19H26N2O5/c1-12(2)8-14(11-22)20-18(23)16-17-19(24)21(10-15(25-16)26-17)9-13-6-4-3-5-7-13/h3-7,12,14-17,22H,8-11H2,1-2H3,(H,20,23)/t14-,15+,16-,17+/m1/s1. The molecule has 2 aliphatic heterocycles. The number of aliphatic hydroxyl groups is 1. The van der Waals surface area contributed by atoms with Gasteiger partial charge < -0.3 is 24.8 Å². The van der Waals surface area contributed by atoms with Crippen LogP contribution in [0.4, 0.5) is 0 Å². The van der Waals surface area contributed by atoms with Gasteiger partial charge in [-0.15, -0.1) is 0 Å². The number of hydrogen-bond acceptors (Lipinski definition) is 5. The largest absolute Gasteiger partial charge is 0.394 e. The van der Waals surface area contributed by atoms with Crippen molar-refractivity contribution in [2.45, 2.75) is 51.4 Å². The Morgan fingerprint density at radius 2 is 2.04 bits per heavy atom. The normalized spacial score (nSPS) is 26.2. The zero-order valence-electron chi connectivity index (χ0n) is 15.1. The van der Waals surface area contributed by atoms with Gasteiger partial charge in [0.25, 0.3) is 11.8 Å². The van der Waals surface area contributed by atoms with Crippen LogP contribution in [0.25, 0.3) is 0 Å². The Hall–Kier alpha value is -1.96. The molecule has 0 aromatic heterocycles. The van der Waals surface area contributed by atoms with E-state index in [1.807, 2.05) is 44.2 Å². The van der Waals surface area contributed by atoms with Gasteiger partial charge in [0.1, 0.15) is 0 Å². The SMILES string of the molecule is CC(C)C[C@H](CO)NC(=O)[C@@H]1O[C@@H]2CN(Cc3ccccc3)C(=O)[C@H]1O2. The van der Waals surface area contributed by atoms with Crippen molar-refractivity contribution in [2.24, 2.45) is 5.92 Å². The Kier molecular flexibility index (Phi) is 5.90. The molecule has 3 rings (SSSR count). The quantitative estimate of drug-likeness (QED) is 0.744. The number of hydrogen-bond donors (Lipinski definition) is 2. The van der Waals surface area contributed by atoms with Gasteiger partial charge in [-0.05, 0) is 17.9 Å². The topological polar surface area (TPSA) is 88.1 Å². The number of nitrogens with one attached hydrogen (secondary N) is 1. The molecular weight excluding hydrogens is 336 g/mol. The van der Waals surface area contributed by atoms with Crippen LogP contribution in [0.15, 0.2) is 30.3 Å². The summed E-state index contributed by atoms with van der Waals surface area (Å²) in [5, 5.41) is 12.2. The molecule has 2 heterocycles. The lowest BCUT2D eigenvalue weighted by molar-refractivity contribution is -0.162. The van der Waals surface area contributed by atoms with E-state index >= 15 is 0 Å². The summed E-state index contributed by atoms with van der Waals surface area (Å²) in [4.78, 5) is 26.9. The Morgan fingerprint density at radius 3 is 2.69 bits per heavy atom. The number of carbonyl (C=O) groups excluding carboxylic acids is 2. The number of aliphatic hydroxyl groups excluding tert-OH is 1. The van der Waals surface area contributed by atoms with E-state index in [0.29, 0.717) is 25.4 Å². The average molecular weight is 362 g/mol. The molecule has 0 unspecified atom stereocenters. The van der Waals surface area contributed by atoms with E-state index in [4.69, 9.17) is 9.47 Å². The first-order valence-electron chi connectivity index (χ1n) is 9.02. The molecule has 7 heteroatoms. The summed E-state index contributed by atoms with van der Waals surface area (Å²) in [7, 11) is 0. The number of benzene rings is 1. The molecule has 4 atom stereocenters. The van der Waals surface area contributed by atoms with Crippen molar-refractivity contribution in [3.05, 3.63) is 35.9 Å². The van der Waals surface area contributed by atoms with Crippen molar-refractivity contribution < 1.29 is 24.2 Å². The van der Waals surface area contributed by atoms with Crippen LogP contribution in [0.2, 0.25) is 0 Å². The minimum absolute atomic E-state index is 0.153. The Labute approximate surface area is 153 Å². The summed E-state index contributed by atoms with van der Waals surface area (Å²) in [6.45, 7) is 4.63. The zero-order chi connectivity index (χ0) is 18.7. The first-order valence-corrected chi connectivity index (χ1v) is 9.02. The first-order chi connectivity index (χ1) is 12.5. The summed E-state index contributed by atoms with van der Waals surface area (Å²) in [5.74, 6) is -0.324. The van der Waals surface area contributed by atoms with Crippen LogP contribution in [0.3, 0.4) is 0 Å². The average Bonchev–Trinajstić information content (AvgIpc) is 2.99. The van der Waals surface area contributed by atoms with E-state index in [0.717, 1.165) is 5.56 Å². The predicted molar refractivity (Wildman–Crippen MR) is 93.9 cm³/mol. The van der Waals surface area contributed by atoms with Crippen LogP contribution < -0.4 is 5.32 Å². The van der Waals surface area contributed by atoms with Gasteiger partial charge in [0.05, 0.1) is 19.2 Å². The summed E-state index contributed by atoms with van der Waals surface area (Å²) in [6, 6.07) is 9.31. The van der Waals surface area contributed by atoms with Crippen molar-refractivity contribution in [3.8, 4) is 0 Å². The monoisotopic (exact) mass is 362 g/mol. The van der Waals surface area contributed by atoms with Crippen LogP contribution in [-0.2, 0) is 25.6 Å². The molecule has 2 aliphatic rings. The second kappa shape index (κ2) is 8.16. The van der Waals surface area contributed by atoms with Gasteiger partial charge in [-0.1, -0.05) is 44.2 Å². The van der Waals surface area contributed by atoms with Crippen molar-refractivity contribution >= 4 is 11.8 Å². The lowest BCUT2D eigenvalue weighted by atomic mass is 10.0. The van der Waals surface area contributed by atoms with Crippen LogP contribution in [-0.4, -0.2) is 59.5 Å². The first kappa shape index (κ1) is 18.8. The lowest BCUT2D eigenvalue weighted by Gasteiger charge is -2.30. The van der Waals surface area contributed by atoms with Gasteiger partial charge in [-0.25, -0.2) is 0 Å². The molecule has 1 aromatic carbocycles. The number of ether oxygens (including phenoxy) is 2. The highest BCUT2D eigenvalue weighted by Crippen LogP contribution is 2.28. The maximum Gasteiger partial charge on any atom is 0.255 e. The molecular formula is C19H26N2O5. The minimum Gasteiger partial charge on any atom is -0.394 e. The van der Waals surface area contributed by atoms with Crippen molar-refractivity contribution in [3.63, 3.8) is 0 Å². The number of rotatable bonds is 7. The fourth-order valence-corrected chi connectivity index (χ4v) is 3.40. The van der Waals surface area contributed by atoms with Gasteiger partial charge in [0, 0.05) is 6.54 Å². The van der Waals surface area contributed by atoms with Gasteiger partial charge >= 0.3 is 0 Å². The molecule has 7 nitrogen and oxygen atoms in total. The van der Waals surface area contributed by atoms with Gasteiger partial charge in [0.2, 0.25) is 0 Å². The summed E-state index contributed by atoms with van der Waals surface area (Å²) in [6.07, 6.45) is -1.86. The smallest absolute Gasteiger partial charge is 0.255 e. The molecule has 26 heavy (non-hydrogen) atoms. The number of fused-ring (bicyclic) bond motifs is 2. The summed E-state index contributed by atoms with van der Waals surface area (Å²) in [5.41, 5.74) is 1.01.